The van der Waals surface area contributed by atoms with Gasteiger partial charge in [-0.3, -0.25) is 9.59 Å². The van der Waals surface area contributed by atoms with Gasteiger partial charge in [-0.2, -0.15) is 0 Å². The summed E-state index contributed by atoms with van der Waals surface area (Å²) in [7, 11) is 0. The fourth-order valence-electron chi connectivity index (χ4n) is 2.86. The zero-order valence-corrected chi connectivity index (χ0v) is 15.0. The molecule has 0 bridgehead atoms. The quantitative estimate of drug-likeness (QED) is 0.429. The lowest BCUT2D eigenvalue weighted by atomic mass is 9.98. The topological polar surface area (TPSA) is 124 Å². The van der Waals surface area contributed by atoms with Gasteiger partial charge in [0, 0.05) is 17.7 Å². The standard InChI is InChI=1S/C20H26N4O2/c1-13-7-9-16(20(23)26)14(11-13)5-3-2-4-6-19(25)24-18-10-8-15(21)12-17(18)22/h7-12H,2-6,21-22H2,1H3,(H2,23,26)(H,24,25). The average Bonchev–Trinajstić information content (AvgIpc) is 2.57. The monoisotopic (exact) mass is 354 g/mol. The fourth-order valence-corrected chi connectivity index (χ4v) is 2.86. The second kappa shape index (κ2) is 8.89. The molecule has 0 fully saturated rings. The van der Waals surface area contributed by atoms with Crippen LogP contribution >= 0.6 is 0 Å². The Balaban J connectivity index is 1.76. The summed E-state index contributed by atoms with van der Waals surface area (Å²) in [6, 6.07) is 10.7. The first kappa shape index (κ1) is 19.3. The smallest absolute Gasteiger partial charge is 0.248 e. The average molecular weight is 354 g/mol. The number of amides is 2. The minimum absolute atomic E-state index is 0.0742. The maximum absolute atomic E-state index is 12.0. The molecular formula is C20H26N4O2. The molecule has 0 spiro atoms. The van der Waals surface area contributed by atoms with E-state index in [1.54, 1.807) is 24.3 Å². The van der Waals surface area contributed by atoms with E-state index in [1.165, 1.54) is 0 Å². The zero-order valence-electron chi connectivity index (χ0n) is 15.0. The third kappa shape index (κ3) is 5.51. The van der Waals surface area contributed by atoms with E-state index in [0.717, 1.165) is 36.8 Å². The largest absolute Gasteiger partial charge is 0.399 e. The highest BCUT2D eigenvalue weighted by molar-refractivity contribution is 5.95. The maximum atomic E-state index is 12.0. The number of carbonyl (C=O) groups is 2. The number of nitrogen functional groups attached to an aromatic ring is 2. The fraction of sp³-hybridized carbons (Fsp3) is 0.300. The van der Waals surface area contributed by atoms with Gasteiger partial charge in [-0.25, -0.2) is 0 Å². The van der Waals surface area contributed by atoms with Crippen LogP contribution in [0.5, 0.6) is 0 Å². The Hall–Kier alpha value is -3.02. The number of anilines is 3. The predicted molar refractivity (Wildman–Crippen MR) is 106 cm³/mol. The van der Waals surface area contributed by atoms with E-state index in [1.807, 2.05) is 19.1 Å². The van der Waals surface area contributed by atoms with Gasteiger partial charge in [0.1, 0.15) is 0 Å². The molecule has 2 rings (SSSR count). The van der Waals surface area contributed by atoms with Crippen molar-refractivity contribution in [3.63, 3.8) is 0 Å². The van der Waals surface area contributed by atoms with Crippen LogP contribution in [0.25, 0.3) is 0 Å². The van der Waals surface area contributed by atoms with Crippen LogP contribution in [0.2, 0.25) is 0 Å². The number of unbranched alkanes of at least 4 members (excludes halogenated alkanes) is 2. The van der Waals surface area contributed by atoms with Gasteiger partial charge in [0.25, 0.3) is 0 Å². The summed E-state index contributed by atoms with van der Waals surface area (Å²) in [5.74, 6) is -0.477. The van der Waals surface area contributed by atoms with Gasteiger partial charge in [-0.15, -0.1) is 0 Å². The number of primary amides is 1. The SMILES string of the molecule is Cc1ccc(C(N)=O)c(CCCCCC(=O)Nc2ccc(N)cc2N)c1. The first-order chi connectivity index (χ1) is 12.4. The minimum atomic E-state index is -0.402. The molecule has 6 heteroatoms. The second-order valence-corrected chi connectivity index (χ2v) is 6.48. The van der Waals surface area contributed by atoms with Crippen LogP contribution in [-0.2, 0) is 11.2 Å². The molecule has 138 valence electrons. The van der Waals surface area contributed by atoms with E-state index in [2.05, 4.69) is 5.32 Å². The Morgan fingerprint density at radius 3 is 2.46 bits per heavy atom. The molecule has 0 radical (unpaired) electrons. The van der Waals surface area contributed by atoms with Crippen LogP contribution in [0.3, 0.4) is 0 Å². The molecule has 2 amide bonds. The predicted octanol–water partition coefficient (Wildman–Crippen LogP) is 3.00. The van der Waals surface area contributed by atoms with Crippen molar-refractivity contribution in [3.05, 3.63) is 53.1 Å². The summed E-state index contributed by atoms with van der Waals surface area (Å²) in [5, 5.41) is 2.80. The van der Waals surface area contributed by atoms with Crippen LogP contribution < -0.4 is 22.5 Å². The highest BCUT2D eigenvalue weighted by atomic mass is 16.1. The van der Waals surface area contributed by atoms with E-state index < -0.39 is 5.91 Å². The maximum Gasteiger partial charge on any atom is 0.248 e. The molecule has 0 heterocycles. The summed E-state index contributed by atoms with van der Waals surface area (Å²) in [4.78, 5) is 23.5. The number of benzene rings is 2. The van der Waals surface area contributed by atoms with Crippen LogP contribution in [0.4, 0.5) is 17.1 Å². The first-order valence-corrected chi connectivity index (χ1v) is 8.71. The Morgan fingerprint density at radius 2 is 1.77 bits per heavy atom. The van der Waals surface area contributed by atoms with Crippen LogP contribution in [-0.4, -0.2) is 11.8 Å². The zero-order chi connectivity index (χ0) is 19.1. The molecule has 26 heavy (non-hydrogen) atoms. The van der Waals surface area contributed by atoms with Crippen molar-refractivity contribution in [2.24, 2.45) is 5.73 Å². The Morgan fingerprint density at radius 1 is 1.00 bits per heavy atom. The summed E-state index contributed by atoms with van der Waals surface area (Å²) in [6.07, 6.45) is 3.73. The first-order valence-electron chi connectivity index (χ1n) is 8.71. The van der Waals surface area contributed by atoms with Gasteiger partial charge in [-0.1, -0.05) is 24.1 Å². The highest BCUT2D eigenvalue weighted by Gasteiger charge is 2.09. The summed E-state index contributed by atoms with van der Waals surface area (Å²) in [5.41, 5.74) is 21.1. The highest BCUT2D eigenvalue weighted by Crippen LogP contribution is 2.21. The second-order valence-electron chi connectivity index (χ2n) is 6.48. The summed E-state index contributed by atoms with van der Waals surface area (Å²) >= 11 is 0. The van der Waals surface area contributed by atoms with Crippen molar-refractivity contribution >= 4 is 28.9 Å². The summed E-state index contributed by atoms with van der Waals surface area (Å²) < 4.78 is 0. The third-order valence-electron chi connectivity index (χ3n) is 4.23. The number of nitrogens with one attached hydrogen (secondary N) is 1. The summed E-state index contributed by atoms with van der Waals surface area (Å²) in [6.45, 7) is 1.99. The molecule has 0 atom stereocenters. The molecule has 2 aromatic carbocycles. The molecular weight excluding hydrogens is 328 g/mol. The van der Waals surface area contributed by atoms with Crippen molar-refractivity contribution in [1.29, 1.82) is 0 Å². The molecule has 0 saturated carbocycles. The number of hydrogen-bond acceptors (Lipinski definition) is 4. The van der Waals surface area contributed by atoms with Crippen LogP contribution in [0, 0.1) is 6.92 Å². The molecule has 6 nitrogen and oxygen atoms in total. The van der Waals surface area contributed by atoms with Crippen LogP contribution in [0.1, 0.15) is 47.2 Å². The number of hydrogen-bond donors (Lipinski definition) is 4. The van der Waals surface area contributed by atoms with Crippen molar-refractivity contribution < 1.29 is 9.59 Å². The van der Waals surface area contributed by atoms with E-state index >= 15 is 0 Å². The van der Waals surface area contributed by atoms with Crippen molar-refractivity contribution in [1.82, 2.24) is 0 Å². The molecule has 0 aliphatic rings. The van der Waals surface area contributed by atoms with Gasteiger partial charge in [0.05, 0.1) is 11.4 Å². The lowest BCUT2D eigenvalue weighted by Gasteiger charge is -2.09. The molecule has 0 aromatic heterocycles. The Kier molecular flexibility index (Phi) is 6.60. The Bertz CT molecular complexity index is 802. The number of aryl methyl sites for hydroxylation is 2. The lowest BCUT2D eigenvalue weighted by Crippen LogP contribution is -2.14. The minimum Gasteiger partial charge on any atom is -0.399 e. The third-order valence-corrected chi connectivity index (χ3v) is 4.23. The van der Waals surface area contributed by atoms with E-state index in [0.29, 0.717) is 29.0 Å². The van der Waals surface area contributed by atoms with E-state index in [-0.39, 0.29) is 5.91 Å². The molecule has 0 unspecified atom stereocenters. The van der Waals surface area contributed by atoms with E-state index in [4.69, 9.17) is 17.2 Å². The van der Waals surface area contributed by atoms with Gasteiger partial charge in [0.2, 0.25) is 11.8 Å². The van der Waals surface area contributed by atoms with Crippen molar-refractivity contribution in [2.75, 3.05) is 16.8 Å². The molecule has 7 N–H and O–H groups in total. The van der Waals surface area contributed by atoms with Gasteiger partial charge in [0.15, 0.2) is 0 Å². The molecule has 0 saturated heterocycles. The van der Waals surface area contributed by atoms with Crippen LogP contribution in [0.15, 0.2) is 36.4 Å². The lowest BCUT2D eigenvalue weighted by molar-refractivity contribution is -0.116. The normalized spacial score (nSPS) is 10.5. The van der Waals surface area contributed by atoms with Crippen molar-refractivity contribution in [2.45, 2.75) is 39.0 Å². The molecule has 0 aliphatic carbocycles. The van der Waals surface area contributed by atoms with Gasteiger partial charge >= 0.3 is 0 Å². The van der Waals surface area contributed by atoms with Gasteiger partial charge in [-0.05, 0) is 56.0 Å². The van der Waals surface area contributed by atoms with E-state index in [9.17, 15) is 9.59 Å². The number of nitrogens with two attached hydrogens (primary N) is 3. The van der Waals surface area contributed by atoms with Gasteiger partial charge < -0.3 is 22.5 Å². The Labute approximate surface area is 153 Å². The number of carbonyl (C=O) groups excluding carboxylic acids is 2. The molecule has 0 aliphatic heterocycles. The van der Waals surface area contributed by atoms with Crippen molar-refractivity contribution in [3.8, 4) is 0 Å². The molecule has 2 aromatic rings. The number of rotatable bonds is 8.